The summed E-state index contributed by atoms with van der Waals surface area (Å²) in [6.45, 7) is 7.86. The van der Waals surface area contributed by atoms with E-state index in [1.807, 2.05) is 76.2 Å². The first-order valence-corrected chi connectivity index (χ1v) is 11.8. The summed E-state index contributed by atoms with van der Waals surface area (Å²) in [6.07, 6.45) is 1.58. The van der Waals surface area contributed by atoms with Crippen molar-refractivity contribution in [1.82, 2.24) is 19.8 Å². The van der Waals surface area contributed by atoms with Gasteiger partial charge in [0.25, 0.3) is 5.56 Å². The first-order valence-electron chi connectivity index (χ1n) is 11.0. The van der Waals surface area contributed by atoms with Gasteiger partial charge in [0.2, 0.25) is 0 Å². The van der Waals surface area contributed by atoms with E-state index in [1.54, 1.807) is 27.9 Å². The molecule has 2 heterocycles. The number of nitrogens with zero attached hydrogens (tertiary/aromatic N) is 3. The van der Waals surface area contributed by atoms with Gasteiger partial charge in [0.1, 0.15) is 11.6 Å². The summed E-state index contributed by atoms with van der Waals surface area (Å²) in [5, 5.41) is 3.54. The smallest absolute Gasteiger partial charge is 0.318 e. The van der Waals surface area contributed by atoms with Crippen LogP contribution in [0.1, 0.15) is 45.3 Å². The highest BCUT2D eigenvalue weighted by molar-refractivity contribution is 9.10. The van der Waals surface area contributed by atoms with Crippen LogP contribution in [0.15, 0.2) is 80.6 Å². The SMILES string of the molecule is CC(c1nc2ccccc2c(=O)n1-c1ccc(Br)cc1)N(Cc1ccco1)C(=O)NC(C)(C)C. The molecule has 8 heteroatoms. The van der Waals surface area contributed by atoms with Crippen LogP contribution in [0.4, 0.5) is 4.79 Å². The molecule has 2 aromatic carbocycles. The Labute approximate surface area is 206 Å². The summed E-state index contributed by atoms with van der Waals surface area (Å²) >= 11 is 3.45. The van der Waals surface area contributed by atoms with Gasteiger partial charge in [-0.25, -0.2) is 9.78 Å². The molecular formula is C26H27BrN4O3. The third kappa shape index (κ3) is 5.07. The van der Waals surface area contributed by atoms with Crippen LogP contribution in [0.2, 0.25) is 0 Å². The molecule has 2 amide bonds. The average Bonchev–Trinajstić information content (AvgIpc) is 3.30. The number of aromatic nitrogens is 2. The minimum absolute atomic E-state index is 0.191. The van der Waals surface area contributed by atoms with E-state index in [-0.39, 0.29) is 18.1 Å². The van der Waals surface area contributed by atoms with E-state index in [1.165, 1.54) is 0 Å². The Balaban J connectivity index is 1.89. The lowest BCUT2D eigenvalue weighted by atomic mass is 10.1. The maximum absolute atomic E-state index is 13.7. The molecule has 0 saturated heterocycles. The van der Waals surface area contributed by atoms with Crippen molar-refractivity contribution in [1.29, 1.82) is 0 Å². The number of hydrogen-bond donors (Lipinski definition) is 1. The molecule has 4 aromatic rings. The standard InChI is InChI=1S/C26H27BrN4O3/c1-17(30(16-20-8-7-15-34-20)25(33)29-26(2,3)4)23-28-22-10-6-5-9-21(22)24(32)31(23)19-13-11-18(27)12-14-19/h5-15,17H,16H2,1-4H3,(H,29,33). The number of rotatable bonds is 5. The largest absolute Gasteiger partial charge is 0.467 e. The van der Waals surface area contributed by atoms with Crippen LogP contribution in [0, 0.1) is 0 Å². The third-order valence-electron chi connectivity index (χ3n) is 5.38. The Morgan fingerprint density at radius 2 is 1.82 bits per heavy atom. The van der Waals surface area contributed by atoms with E-state index in [4.69, 9.17) is 9.40 Å². The van der Waals surface area contributed by atoms with Gasteiger partial charge in [-0.15, -0.1) is 0 Å². The van der Waals surface area contributed by atoms with E-state index < -0.39 is 11.6 Å². The van der Waals surface area contributed by atoms with E-state index in [0.717, 1.165) is 4.47 Å². The highest BCUT2D eigenvalue weighted by Gasteiger charge is 2.29. The van der Waals surface area contributed by atoms with Crippen molar-refractivity contribution in [2.24, 2.45) is 0 Å². The van der Waals surface area contributed by atoms with Gasteiger partial charge >= 0.3 is 6.03 Å². The average molecular weight is 523 g/mol. The number of furan rings is 1. The van der Waals surface area contributed by atoms with Gasteiger partial charge in [0, 0.05) is 10.0 Å². The van der Waals surface area contributed by atoms with Gasteiger partial charge in [-0.2, -0.15) is 0 Å². The second kappa shape index (κ2) is 9.46. The number of carbonyl (C=O) groups is 1. The summed E-state index contributed by atoms with van der Waals surface area (Å²) in [5.41, 5.74) is 0.615. The van der Waals surface area contributed by atoms with Crippen molar-refractivity contribution in [2.75, 3.05) is 0 Å². The number of para-hydroxylation sites is 1. The van der Waals surface area contributed by atoms with E-state index in [9.17, 15) is 9.59 Å². The molecule has 7 nitrogen and oxygen atoms in total. The minimum atomic E-state index is -0.548. The normalized spacial score (nSPS) is 12.5. The van der Waals surface area contributed by atoms with Gasteiger partial charge in [0.15, 0.2) is 0 Å². The van der Waals surface area contributed by atoms with Gasteiger partial charge in [0.05, 0.1) is 35.4 Å². The zero-order chi connectivity index (χ0) is 24.5. The van der Waals surface area contributed by atoms with Crippen LogP contribution in [0.3, 0.4) is 0 Å². The number of amides is 2. The fourth-order valence-corrected chi connectivity index (χ4v) is 4.02. The zero-order valence-electron chi connectivity index (χ0n) is 19.6. The Bertz CT molecular complexity index is 1360. The highest BCUT2D eigenvalue weighted by atomic mass is 79.9. The number of nitrogens with one attached hydrogen (secondary N) is 1. The monoisotopic (exact) mass is 522 g/mol. The predicted octanol–water partition coefficient (Wildman–Crippen LogP) is 5.81. The predicted molar refractivity (Wildman–Crippen MR) is 136 cm³/mol. The number of urea groups is 1. The molecule has 0 fully saturated rings. The second-order valence-electron chi connectivity index (χ2n) is 9.17. The number of carbonyl (C=O) groups excluding carboxylic acids is 1. The Kier molecular flexibility index (Phi) is 6.61. The molecule has 0 aliphatic heterocycles. The molecule has 0 aliphatic rings. The fourth-order valence-electron chi connectivity index (χ4n) is 3.76. The summed E-state index contributed by atoms with van der Waals surface area (Å²) in [5.74, 6) is 1.09. The zero-order valence-corrected chi connectivity index (χ0v) is 21.2. The summed E-state index contributed by atoms with van der Waals surface area (Å²) < 4.78 is 8.02. The van der Waals surface area contributed by atoms with Crippen molar-refractivity contribution in [2.45, 2.75) is 45.8 Å². The Hall–Kier alpha value is -3.39. The molecule has 4 rings (SSSR count). The lowest BCUT2D eigenvalue weighted by Gasteiger charge is -2.33. The van der Waals surface area contributed by atoms with Crippen LogP contribution in [-0.2, 0) is 6.54 Å². The maximum Gasteiger partial charge on any atom is 0.318 e. The van der Waals surface area contributed by atoms with Crippen molar-refractivity contribution >= 4 is 32.9 Å². The molecule has 2 aromatic heterocycles. The first kappa shape index (κ1) is 23.8. The number of fused-ring (bicyclic) bond motifs is 1. The van der Waals surface area contributed by atoms with Crippen LogP contribution in [-0.4, -0.2) is 26.0 Å². The van der Waals surface area contributed by atoms with E-state index in [0.29, 0.717) is 28.2 Å². The van der Waals surface area contributed by atoms with Crippen LogP contribution >= 0.6 is 15.9 Å². The number of halogens is 1. The molecule has 0 spiro atoms. The molecule has 0 saturated carbocycles. The Morgan fingerprint density at radius 3 is 2.47 bits per heavy atom. The van der Waals surface area contributed by atoms with Crippen LogP contribution < -0.4 is 10.9 Å². The molecule has 1 unspecified atom stereocenters. The molecule has 1 atom stereocenters. The molecule has 176 valence electrons. The van der Waals surface area contributed by atoms with Gasteiger partial charge in [-0.3, -0.25) is 9.36 Å². The summed E-state index contributed by atoms with van der Waals surface area (Å²) in [6, 6.07) is 17.5. The van der Waals surface area contributed by atoms with Crippen LogP contribution in [0.25, 0.3) is 16.6 Å². The van der Waals surface area contributed by atoms with Gasteiger partial charge in [-0.1, -0.05) is 28.1 Å². The maximum atomic E-state index is 13.7. The highest BCUT2D eigenvalue weighted by Crippen LogP contribution is 2.26. The second-order valence-corrected chi connectivity index (χ2v) is 10.1. The van der Waals surface area contributed by atoms with Crippen molar-refractivity contribution in [3.05, 3.63) is 93.3 Å². The number of benzene rings is 2. The van der Waals surface area contributed by atoms with Gasteiger partial charge in [-0.05, 0) is 76.2 Å². The molecule has 34 heavy (non-hydrogen) atoms. The Morgan fingerprint density at radius 1 is 1.12 bits per heavy atom. The fraction of sp³-hybridized carbons (Fsp3) is 0.269. The van der Waals surface area contributed by atoms with Crippen molar-refractivity contribution in [3.63, 3.8) is 0 Å². The molecule has 0 bridgehead atoms. The summed E-state index contributed by atoms with van der Waals surface area (Å²) in [4.78, 5) is 33.5. The molecule has 1 N–H and O–H groups in total. The first-order chi connectivity index (χ1) is 16.1. The van der Waals surface area contributed by atoms with E-state index >= 15 is 0 Å². The summed E-state index contributed by atoms with van der Waals surface area (Å²) in [7, 11) is 0. The molecule has 0 radical (unpaired) electrons. The lowest BCUT2D eigenvalue weighted by Crippen LogP contribution is -2.49. The molecular weight excluding hydrogens is 496 g/mol. The minimum Gasteiger partial charge on any atom is -0.467 e. The van der Waals surface area contributed by atoms with Crippen molar-refractivity contribution < 1.29 is 9.21 Å². The van der Waals surface area contributed by atoms with Gasteiger partial charge < -0.3 is 14.6 Å². The number of hydrogen-bond acceptors (Lipinski definition) is 4. The third-order valence-corrected chi connectivity index (χ3v) is 5.91. The van der Waals surface area contributed by atoms with Crippen LogP contribution in [0.5, 0.6) is 0 Å². The topological polar surface area (TPSA) is 80.4 Å². The quantitative estimate of drug-likeness (QED) is 0.358. The van der Waals surface area contributed by atoms with E-state index in [2.05, 4.69) is 21.2 Å². The molecule has 0 aliphatic carbocycles. The lowest BCUT2D eigenvalue weighted by molar-refractivity contribution is 0.158. The van der Waals surface area contributed by atoms with Crippen molar-refractivity contribution in [3.8, 4) is 5.69 Å².